The first-order valence-electron chi connectivity index (χ1n) is 5.36. The van der Waals surface area contributed by atoms with E-state index in [2.05, 4.69) is 9.44 Å². The van der Waals surface area contributed by atoms with Crippen LogP contribution in [0.5, 0.6) is 0 Å². The lowest BCUT2D eigenvalue weighted by Crippen LogP contribution is -2.50. The maximum absolute atomic E-state index is 11.5. The summed E-state index contributed by atoms with van der Waals surface area (Å²) in [6, 6.07) is -0.176. The molecule has 2 atom stereocenters. The molecule has 0 aliphatic carbocycles. The minimum Gasteiger partial charge on any atom is -0.386 e. The van der Waals surface area contributed by atoms with E-state index in [4.69, 9.17) is 4.74 Å². The van der Waals surface area contributed by atoms with Crippen molar-refractivity contribution in [3.05, 3.63) is 0 Å². The molecule has 0 aromatic rings. The quantitative estimate of drug-likeness (QED) is 0.607. The molecule has 1 heterocycles. The van der Waals surface area contributed by atoms with Gasteiger partial charge >= 0.3 is 0 Å². The summed E-state index contributed by atoms with van der Waals surface area (Å²) in [6.45, 7) is 5.62. The number of hydrogen-bond acceptors (Lipinski definition) is 4. The summed E-state index contributed by atoms with van der Waals surface area (Å²) in [5.41, 5.74) is -1.11. The summed E-state index contributed by atoms with van der Waals surface area (Å²) in [5.74, 6) is 0. The van der Waals surface area contributed by atoms with Gasteiger partial charge in [0, 0.05) is 25.6 Å². The maximum atomic E-state index is 11.5. The van der Waals surface area contributed by atoms with E-state index in [1.165, 1.54) is 0 Å². The van der Waals surface area contributed by atoms with Crippen molar-refractivity contribution in [3.63, 3.8) is 0 Å². The van der Waals surface area contributed by atoms with Gasteiger partial charge in [0.05, 0.1) is 6.10 Å². The zero-order valence-corrected chi connectivity index (χ0v) is 10.7. The first-order valence-corrected chi connectivity index (χ1v) is 6.84. The number of aliphatic hydroxyl groups is 1. The van der Waals surface area contributed by atoms with Crippen LogP contribution in [-0.2, 0) is 14.9 Å². The highest BCUT2D eigenvalue weighted by Crippen LogP contribution is 2.24. The normalized spacial score (nSPS) is 31.2. The zero-order chi connectivity index (χ0) is 12.4. The van der Waals surface area contributed by atoms with Crippen LogP contribution in [0.2, 0.25) is 0 Å². The molecule has 6 nitrogen and oxygen atoms in total. The van der Waals surface area contributed by atoms with E-state index in [9.17, 15) is 13.5 Å². The van der Waals surface area contributed by atoms with Gasteiger partial charge in [0.1, 0.15) is 5.60 Å². The van der Waals surface area contributed by atoms with Crippen LogP contribution in [0.25, 0.3) is 0 Å². The third-order valence-corrected chi connectivity index (χ3v) is 3.92. The third-order valence-electron chi connectivity index (χ3n) is 2.62. The molecule has 96 valence electrons. The van der Waals surface area contributed by atoms with Gasteiger partial charge in [-0.2, -0.15) is 17.9 Å². The van der Waals surface area contributed by atoms with Crippen molar-refractivity contribution < 1.29 is 18.3 Å². The molecule has 0 aromatic heterocycles. The second-order valence-corrected chi connectivity index (χ2v) is 5.99. The molecule has 1 fully saturated rings. The van der Waals surface area contributed by atoms with Gasteiger partial charge in [0.2, 0.25) is 0 Å². The zero-order valence-electron chi connectivity index (χ0n) is 9.86. The van der Waals surface area contributed by atoms with E-state index < -0.39 is 15.8 Å². The van der Waals surface area contributed by atoms with Gasteiger partial charge in [-0.05, 0) is 20.8 Å². The molecule has 7 heteroatoms. The Morgan fingerprint density at radius 3 is 2.62 bits per heavy atom. The van der Waals surface area contributed by atoms with Crippen LogP contribution < -0.4 is 9.44 Å². The SMILES string of the molecule is CC(C)NS(=O)(=O)NCC1(O)CCOC1C. The van der Waals surface area contributed by atoms with Gasteiger partial charge in [-0.1, -0.05) is 0 Å². The molecule has 3 N–H and O–H groups in total. The largest absolute Gasteiger partial charge is 0.386 e. The molecule has 0 saturated carbocycles. The van der Waals surface area contributed by atoms with Crippen LogP contribution in [-0.4, -0.2) is 44.4 Å². The highest BCUT2D eigenvalue weighted by molar-refractivity contribution is 7.87. The Bertz CT molecular complexity index is 330. The first kappa shape index (κ1) is 13.9. The van der Waals surface area contributed by atoms with Crippen molar-refractivity contribution >= 4 is 10.2 Å². The average molecular weight is 252 g/mol. The van der Waals surface area contributed by atoms with Crippen LogP contribution in [0.3, 0.4) is 0 Å². The highest BCUT2D eigenvalue weighted by atomic mass is 32.2. The maximum Gasteiger partial charge on any atom is 0.277 e. The van der Waals surface area contributed by atoms with Crippen molar-refractivity contribution in [2.75, 3.05) is 13.2 Å². The Kier molecular flexibility index (Phi) is 4.30. The fraction of sp³-hybridized carbons (Fsp3) is 1.00. The second-order valence-electron chi connectivity index (χ2n) is 4.46. The minimum absolute atomic E-state index is 0.0315. The lowest BCUT2D eigenvalue weighted by molar-refractivity contribution is -0.0228. The van der Waals surface area contributed by atoms with E-state index in [1.807, 2.05) is 0 Å². The molecule has 1 aliphatic rings. The van der Waals surface area contributed by atoms with Gasteiger partial charge < -0.3 is 9.84 Å². The van der Waals surface area contributed by atoms with Crippen LogP contribution in [0.15, 0.2) is 0 Å². The number of rotatable bonds is 5. The van der Waals surface area contributed by atoms with E-state index >= 15 is 0 Å². The second kappa shape index (κ2) is 4.97. The lowest BCUT2D eigenvalue weighted by Gasteiger charge is -2.26. The molecular formula is C9H20N2O4S. The standard InChI is InChI=1S/C9H20N2O4S/c1-7(2)11-16(13,14)10-6-9(12)4-5-15-8(9)3/h7-8,10-12H,4-6H2,1-3H3. The molecule has 16 heavy (non-hydrogen) atoms. The summed E-state index contributed by atoms with van der Waals surface area (Å²) in [5, 5.41) is 10.1. The minimum atomic E-state index is -3.55. The molecule has 2 unspecified atom stereocenters. The molecule has 0 bridgehead atoms. The van der Waals surface area contributed by atoms with Gasteiger partial charge in [-0.3, -0.25) is 0 Å². The monoisotopic (exact) mass is 252 g/mol. The summed E-state index contributed by atoms with van der Waals surface area (Å²) >= 11 is 0. The molecule has 0 spiro atoms. The number of nitrogens with one attached hydrogen (secondary N) is 2. The van der Waals surface area contributed by atoms with Crippen molar-refractivity contribution in [1.29, 1.82) is 0 Å². The van der Waals surface area contributed by atoms with Crippen LogP contribution in [0, 0.1) is 0 Å². The van der Waals surface area contributed by atoms with Crippen molar-refractivity contribution in [3.8, 4) is 0 Å². The fourth-order valence-corrected chi connectivity index (χ4v) is 2.72. The summed E-state index contributed by atoms with van der Waals surface area (Å²) in [7, 11) is -3.55. The summed E-state index contributed by atoms with van der Waals surface area (Å²) in [6.07, 6.45) is 0.0903. The van der Waals surface area contributed by atoms with Crippen LogP contribution in [0.4, 0.5) is 0 Å². The van der Waals surface area contributed by atoms with Gasteiger partial charge in [-0.25, -0.2) is 0 Å². The Hall–Kier alpha value is -0.210. The summed E-state index contributed by atoms with van der Waals surface area (Å²) in [4.78, 5) is 0. The van der Waals surface area contributed by atoms with E-state index in [1.54, 1.807) is 20.8 Å². The van der Waals surface area contributed by atoms with Gasteiger partial charge in [-0.15, -0.1) is 0 Å². The van der Waals surface area contributed by atoms with E-state index in [-0.39, 0.29) is 18.7 Å². The lowest BCUT2D eigenvalue weighted by atomic mass is 9.97. The average Bonchev–Trinajstić information content (AvgIpc) is 2.43. The van der Waals surface area contributed by atoms with E-state index in [0.29, 0.717) is 13.0 Å². The molecular weight excluding hydrogens is 232 g/mol. The predicted octanol–water partition coefficient (Wildman–Crippen LogP) is -0.641. The van der Waals surface area contributed by atoms with Crippen molar-refractivity contribution in [2.45, 2.75) is 44.9 Å². The van der Waals surface area contributed by atoms with Crippen LogP contribution >= 0.6 is 0 Å². The Morgan fingerprint density at radius 2 is 2.19 bits per heavy atom. The Labute approximate surface area is 96.6 Å². The molecule has 1 saturated heterocycles. The highest BCUT2D eigenvalue weighted by Gasteiger charge is 2.40. The molecule has 1 rings (SSSR count). The Morgan fingerprint density at radius 1 is 1.56 bits per heavy atom. The third kappa shape index (κ3) is 3.67. The molecule has 1 aliphatic heterocycles. The first-order chi connectivity index (χ1) is 7.25. The van der Waals surface area contributed by atoms with Gasteiger partial charge in [0.15, 0.2) is 0 Å². The smallest absolute Gasteiger partial charge is 0.277 e. The fourth-order valence-electron chi connectivity index (χ4n) is 1.57. The molecule has 0 amide bonds. The molecule has 0 aromatic carbocycles. The number of ether oxygens (including phenoxy) is 1. The van der Waals surface area contributed by atoms with Crippen molar-refractivity contribution in [1.82, 2.24) is 9.44 Å². The van der Waals surface area contributed by atoms with E-state index in [0.717, 1.165) is 0 Å². The molecule has 0 radical (unpaired) electrons. The van der Waals surface area contributed by atoms with Crippen molar-refractivity contribution in [2.24, 2.45) is 0 Å². The van der Waals surface area contributed by atoms with Crippen LogP contribution in [0.1, 0.15) is 27.2 Å². The van der Waals surface area contributed by atoms with Gasteiger partial charge in [0.25, 0.3) is 10.2 Å². The Balaban J connectivity index is 2.51. The topological polar surface area (TPSA) is 87.7 Å². The predicted molar refractivity (Wildman–Crippen MR) is 60.2 cm³/mol. The summed E-state index contributed by atoms with van der Waals surface area (Å²) < 4.78 is 32.9. The number of hydrogen-bond donors (Lipinski definition) is 3.